The minimum atomic E-state index is 0.362. The van der Waals surface area contributed by atoms with E-state index in [1.54, 1.807) is 0 Å². The summed E-state index contributed by atoms with van der Waals surface area (Å²) in [5.74, 6) is 2.00. The average molecular weight is 636 g/mol. The fraction of sp³-hybridized carbons (Fsp3) is 0.333. The smallest absolute Gasteiger partial charge is 0.0553 e. The van der Waals surface area contributed by atoms with Crippen LogP contribution in [0.1, 0.15) is 82.3 Å². The van der Waals surface area contributed by atoms with Gasteiger partial charge in [0.1, 0.15) is 0 Å². The quantitative estimate of drug-likeness (QED) is 0.239. The second-order valence-corrected chi connectivity index (χ2v) is 13.7. The highest BCUT2D eigenvalue weighted by molar-refractivity contribution is 6.31. The van der Waals surface area contributed by atoms with Crippen LogP contribution in [0, 0.1) is 11.8 Å². The number of pyridine rings is 2. The summed E-state index contributed by atoms with van der Waals surface area (Å²) in [5.41, 5.74) is 10.1. The molecule has 0 saturated carbocycles. The van der Waals surface area contributed by atoms with Crippen molar-refractivity contribution >= 4 is 47.5 Å². The van der Waals surface area contributed by atoms with Crippen molar-refractivity contribution in [2.45, 2.75) is 37.5 Å². The molecule has 230 valence electrons. The van der Waals surface area contributed by atoms with Gasteiger partial charge in [-0.2, -0.15) is 0 Å². The fourth-order valence-corrected chi connectivity index (χ4v) is 8.12. The van der Waals surface area contributed by atoms with Gasteiger partial charge in [-0.05, 0) is 141 Å². The lowest BCUT2D eigenvalue weighted by Crippen LogP contribution is -2.33. The zero-order chi connectivity index (χ0) is 30.8. The lowest BCUT2D eigenvalue weighted by atomic mass is 9.76. The van der Waals surface area contributed by atoms with Crippen molar-refractivity contribution in [1.82, 2.24) is 20.2 Å². The number of halogens is 2. The molecule has 4 aromatic rings. The highest BCUT2D eigenvalue weighted by Gasteiger charge is 2.33. The first-order chi connectivity index (χ1) is 22.0. The van der Waals surface area contributed by atoms with E-state index in [-0.39, 0.29) is 0 Å². The van der Waals surface area contributed by atoms with Gasteiger partial charge in [0.2, 0.25) is 0 Å². The Kier molecular flexibility index (Phi) is 9.18. The number of nitrogens with zero attached hydrogens (tertiary/aromatic N) is 3. The summed E-state index contributed by atoms with van der Waals surface area (Å²) in [6, 6.07) is 21.0. The lowest BCUT2D eigenvalue weighted by molar-refractivity contribution is 0.206. The molecule has 2 aliphatic carbocycles. The van der Waals surface area contributed by atoms with Crippen LogP contribution >= 0.6 is 23.2 Å². The molecule has 45 heavy (non-hydrogen) atoms. The standard InChI is InChI=1S/C20H21ClN2.C19H19ClN2/c1-23-11-8-14(9-12-23)19-18-7-6-17(21)13-16(18)5-4-15-3-2-10-22-20(15)19;20-16-5-6-17-15(12-16)4-3-14-2-1-9-22-19(14)18(17)13-7-10-21-11-8-13/h2-7,10,13-14,19H,8-9,11-12H2,1H3;1-6,9,12-13,18,21H,7-8,10-11H2. The molecule has 2 atom stereocenters. The predicted molar refractivity (Wildman–Crippen MR) is 189 cm³/mol. The zero-order valence-electron chi connectivity index (χ0n) is 25.8. The van der Waals surface area contributed by atoms with Crippen LogP contribution in [0.25, 0.3) is 24.3 Å². The molecule has 6 heteroatoms. The minimum absolute atomic E-state index is 0.362. The molecule has 2 saturated heterocycles. The van der Waals surface area contributed by atoms with Crippen molar-refractivity contribution in [3.8, 4) is 0 Å². The van der Waals surface area contributed by atoms with E-state index in [4.69, 9.17) is 33.2 Å². The number of hydrogen-bond donors (Lipinski definition) is 1. The second kappa shape index (κ2) is 13.6. The topological polar surface area (TPSA) is 41.1 Å². The molecule has 4 heterocycles. The van der Waals surface area contributed by atoms with Crippen molar-refractivity contribution < 1.29 is 0 Å². The summed E-state index contributed by atoms with van der Waals surface area (Å²) in [6.07, 6.45) is 17.4. The Morgan fingerprint density at radius 3 is 1.60 bits per heavy atom. The van der Waals surface area contributed by atoms with Crippen LogP contribution < -0.4 is 5.32 Å². The van der Waals surface area contributed by atoms with Gasteiger partial charge < -0.3 is 10.2 Å². The number of nitrogens with one attached hydrogen (secondary N) is 1. The van der Waals surface area contributed by atoms with E-state index in [1.165, 1.54) is 83.5 Å². The second-order valence-electron chi connectivity index (χ2n) is 12.9. The van der Waals surface area contributed by atoms with E-state index in [9.17, 15) is 0 Å². The Hall–Kier alpha value is -3.28. The van der Waals surface area contributed by atoms with Gasteiger partial charge in [0.15, 0.2) is 0 Å². The first-order valence-electron chi connectivity index (χ1n) is 16.3. The number of piperidine rings is 2. The first kappa shape index (κ1) is 30.4. The third-order valence-electron chi connectivity index (χ3n) is 10.1. The molecule has 4 aliphatic rings. The summed E-state index contributed by atoms with van der Waals surface area (Å²) >= 11 is 12.5. The number of fused-ring (bicyclic) bond motifs is 4. The Morgan fingerprint density at radius 2 is 1.09 bits per heavy atom. The van der Waals surface area contributed by atoms with Crippen LogP contribution in [0.15, 0.2) is 73.1 Å². The zero-order valence-corrected chi connectivity index (χ0v) is 27.3. The molecule has 0 amide bonds. The molecule has 2 aromatic carbocycles. The molecular formula is C39H40Cl2N4. The normalized spacial score (nSPS) is 21.3. The van der Waals surface area contributed by atoms with Gasteiger partial charge in [-0.15, -0.1) is 0 Å². The van der Waals surface area contributed by atoms with Gasteiger partial charge in [0.05, 0.1) is 11.4 Å². The van der Waals surface area contributed by atoms with Gasteiger partial charge in [-0.1, -0.05) is 71.8 Å². The van der Waals surface area contributed by atoms with Crippen LogP contribution in [-0.2, 0) is 0 Å². The molecule has 0 spiro atoms. The van der Waals surface area contributed by atoms with Crippen molar-refractivity contribution in [2.75, 3.05) is 33.2 Å². The molecule has 1 N–H and O–H groups in total. The molecule has 0 bridgehead atoms. The highest BCUT2D eigenvalue weighted by atomic mass is 35.5. The Morgan fingerprint density at radius 1 is 0.622 bits per heavy atom. The molecule has 2 fully saturated rings. The van der Waals surface area contributed by atoms with Crippen LogP contribution in [-0.4, -0.2) is 48.1 Å². The van der Waals surface area contributed by atoms with E-state index in [2.05, 4.69) is 78.0 Å². The number of rotatable bonds is 2. The number of hydrogen-bond acceptors (Lipinski definition) is 4. The monoisotopic (exact) mass is 634 g/mol. The van der Waals surface area contributed by atoms with E-state index in [0.717, 1.165) is 23.1 Å². The largest absolute Gasteiger partial charge is 0.317 e. The SMILES string of the molecule is CN1CCC(C2c3ccc(Cl)cc3C=Cc3cccnc32)CC1.Clc1ccc2c(c1)C=Cc1cccnc1C2C1CCNCC1. The van der Waals surface area contributed by atoms with Gasteiger partial charge in [-0.3, -0.25) is 9.97 Å². The van der Waals surface area contributed by atoms with E-state index in [0.29, 0.717) is 23.7 Å². The van der Waals surface area contributed by atoms with Gasteiger partial charge in [-0.25, -0.2) is 0 Å². The van der Waals surface area contributed by atoms with Gasteiger partial charge in [0, 0.05) is 34.3 Å². The van der Waals surface area contributed by atoms with Crippen LogP contribution in [0.3, 0.4) is 0 Å². The Balaban J connectivity index is 0.000000145. The maximum atomic E-state index is 6.24. The molecule has 8 rings (SSSR count). The Bertz CT molecular complexity index is 1720. The minimum Gasteiger partial charge on any atom is -0.317 e. The molecule has 4 nitrogen and oxygen atoms in total. The van der Waals surface area contributed by atoms with Crippen molar-refractivity contribution in [1.29, 1.82) is 0 Å². The average Bonchev–Trinajstić information content (AvgIpc) is 3.34. The summed E-state index contributed by atoms with van der Waals surface area (Å²) < 4.78 is 0. The van der Waals surface area contributed by atoms with Crippen molar-refractivity contribution in [3.05, 3.63) is 128 Å². The molecule has 0 radical (unpaired) electrons. The molecule has 2 aromatic heterocycles. The number of likely N-dealkylation sites (tertiary alicyclic amines) is 1. The summed E-state index contributed by atoms with van der Waals surface area (Å²) in [6.45, 7) is 4.53. The number of aromatic nitrogens is 2. The van der Waals surface area contributed by atoms with Gasteiger partial charge >= 0.3 is 0 Å². The van der Waals surface area contributed by atoms with Crippen LogP contribution in [0.5, 0.6) is 0 Å². The predicted octanol–water partition coefficient (Wildman–Crippen LogP) is 9.04. The van der Waals surface area contributed by atoms with Crippen molar-refractivity contribution in [3.63, 3.8) is 0 Å². The first-order valence-corrected chi connectivity index (χ1v) is 17.0. The van der Waals surface area contributed by atoms with E-state index >= 15 is 0 Å². The molecule has 2 unspecified atom stereocenters. The van der Waals surface area contributed by atoms with Crippen molar-refractivity contribution in [2.24, 2.45) is 11.8 Å². The van der Waals surface area contributed by atoms with Gasteiger partial charge in [0.25, 0.3) is 0 Å². The summed E-state index contributed by atoms with van der Waals surface area (Å²) in [7, 11) is 2.21. The third-order valence-corrected chi connectivity index (χ3v) is 10.5. The third kappa shape index (κ3) is 6.53. The molecule has 2 aliphatic heterocycles. The van der Waals surface area contributed by atoms with Crippen LogP contribution in [0.4, 0.5) is 0 Å². The maximum absolute atomic E-state index is 6.24. The van der Waals surface area contributed by atoms with Crippen LogP contribution in [0.2, 0.25) is 10.0 Å². The highest BCUT2D eigenvalue weighted by Crippen LogP contribution is 2.44. The molecular weight excluding hydrogens is 595 g/mol. The van der Waals surface area contributed by atoms with E-state index < -0.39 is 0 Å². The lowest BCUT2D eigenvalue weighted by Gasteiger charge is -2.35. The fourth-order valence-electron chi connectivity index (χ4n) is 7.76. The Labute approximate surface area is 277 Å². The summed E-state index contributed by atoms with van der Waals surface area (Å²) in [4.78, 5) is 12.0. The maximum Gasteiger partial charge on any atom is 0.0553 e. The van der Waals surface area contributed by atoms with E-state index in [1.807, 2.05) is 36.7 Å². The number of benzene rings is 2. The summed E-state index contributed by atoms with van der Waals surface area (Å²) in [5, 5.41) is 5.07.